The van der Waals surface area contributed by atoms with Gasteiger partial charge >= 0.3 is 0 Å². The zero-order chi connectivity index (χ0) is 18.0. The van der Waals surface area contributed by atoms with E-state index in [4.69, 9.17) is 9.47 Å². The van der Waals surface area contributed by atoms with Crippen LogP contribution in [0.15, 0.2) is 23.3 Å². The monoisotopic (exact) mass is 345 g/mol. The Labute approximate surface area is 147 Å². The van der Waals surface area contributed by atoms with Gasteiger partial charge in [0.1, 0.15) is 17.2 Å². The molecule has 0 bridgehead atoms. The number of carbonyl (C=O) groups is 2. The van der Waals surface area contributed by atoms with Crippen LogP contribution in [0.4, 0.5) is 0 Å². The predicted molar refractivity (Wildman–Crippen MR) is 92.7 cm³/mol. The zero-order valence-corrected chi connectivity index (χ0v) is 14.8. The van der Waals surface area contributed by atoms with E-state index in [-0.39, 0.29) is 17.9 Å². The molecule has 0 saturated carbocycles. The van der Waals surface area contributed by atoms with Crippen molar-refractivity contribution in [2.24, 2.45) is 5.10 Å². The zero-order valence-electron chi connectivity index (χ0n) is 14.8. The molecule has 2 aliphatic rings. The molecule has 0 unspecified atom stereocenters. The van der Waals surface area contributed by atoms with Crippen LogP contribution in [0.25, 0.3) is 0 Å². The Morgan fingerprint density at radius 3 is 2.72 bits per heavy atom. The number of methoxy groups -OCH3 is 2. The van der Waals surface area contributed by atoms with Gasteiger partial charge < -0.3 is 14.4 Å². The number of ether oxygens (including phenoxy) is 2. The van der Waals surface area contributed by atoms with Gasteiger partial charge in [-0.1, -0.05) is 0 Å². The molecule has 0 spiro atoms. The van der Waals surface area contributed by atoms with Crippen molar-refractivity contribution < 1.29 is 19.1 Å². The second-order valence-corrected chi connectivity index (χ2v) is 6.23. The maximum atomic E-state index is 13.0. The number of rotatable bonds is 4. The molecule has 1 saturated heterocycles. The Kier molecular flexibility index (Phi) is 4.92. The van der Waals surface area contributed by atoms with E-state index in [9.17, 15) is 9.59 Å². The first-order valence-electron chi connectivity index (χ1n) is 8.42. The van der Waals surface area contributed by atoms with Crippen LogP contribution in [-0.2, 0) is 9.59 Å². The van der Waals surface area contributed by atoms with Gasteiger partial charge in [0, 0.05) is 32.0 Å². The van der Waals surface area contributed by atoms with Crippen LogP contribution in [0.5, 0.6) is 11.5 Å². The van der Waals surface area contributed by atoms with Gasteiger partial charge in [-0.05, 0) is 31.0 Å². The Morgan fingerprint density at radius 1 is 1.24 bits per heavy atom. The summed E-state index contributed by atoms with van der Waals surface area (Å²) in [5.74, 6) is 1.30. The molecule has 1 atom stereocenters. The fourth-order valence-electron chi connectivity index (χ4n) is 3.42. The van der Waals surface area contributed by atoms with Gasteiger partial charge in [-0.2, -0.15) is 5.10 Å². The summed E-state index contributed by atoms with van der Waals surface area (Å²) in [4.78, 5) is 26.4. The third-order valence-corrected chi connectivity index (χ3v) is 4.76. The lowest BCUT2D eigenvalue weighted by molar-refractivity contribution is -0.130. The van der Waals surface area contributed by atoms with Gasteiger partial charge in [0.2, 0.25) is 5.91 Å². The van der Waals surface area contributed by atoms with Crippen molar-refractivity contribution >= 4 is 17.5 Å². The molecule has 2 heterocycles. The summed E-state index contributed by atoms with van der Waals surface area (Å²) in [7, 11) is 4.83. The number of hydrogen-bond acceptors (Lipinski definition) is 5. The normalized spacial score (nSPS) is 20.5. The summed E-state index contributed by atoms with van der Waals surface area (Å²) < 4.78 is 10.8. The van der Waals surface area contributed by atoms with Gasteiger partial charge in [0.15, 0.2) is 0 Å². The maximum absolute atomic E-state index is 13.0. The van der Waals surface area contributed by atoms with Crippen molar-refractivity contribution in [3.8, 4) is 11.5 Å². The Bertz CT molecular complexity index is 716. The first kappa shape index (κ1) is 17.3. The topological polar surface area (TPSA) is 71.4 Å². The van der Waals surface area contributed by atoms with E-state index in [0.717, 1.165) is 29.9 Å². The van der Waals surface area contributed by atoms with Crippen LogP contribution < -0.4 is 9.47 Å². The van der Waals surface area contributed by atoms with E-state index in [1.165, 1.54) is 5.01 Å². The molecular formula is C18H23N3O4. The standard InChI is InChI=1S/C18H23N3O4/c1-20-17(22)9-7-14(19-20)18(23)21-10-4-5-15(21)13-11-12(24-2)6-8-16(13)25-3/h6,8,11,15H,4-5,7,9-10H2,1-3H3/t15-/m0/s1. The van der Waals surface area contributed by atoms with Crippen molar-refractivity contribution in [1.82, 2.24) is 9.91 Å². The molecule has 7 heteroatoms. The van der Waals surface area contributed by atoms with Crippen LogP contribution in [0.1, 0.15) is 37.3 Å². The third kappa shape index (κ3) is 3.31. The number of hydrogen-bond donors (Lipinski definition) is 0. The quantitative estimate of drug-likeness (QED) is 0.836. The largest absolute Gasteiger partial charge is 0.497 e. The number of nitrogens with zero attached hydrogens (tertiary/aromatic N) is 3. The summed E-state index contributed by atoms with van der Waals surface area (Å²) in [6.07, 6.45) is 2.48. The van der Waals surface area contributed by atoms with Crippen LogP contribution in [0.2, 0.25) is 0 Å². The van der Waals surface area contributed by atoms with E-state index >= 15 is 0 Å². The molecule has 2 aliphatic heterocycles. The molecular weight excluding hydrogens is 322 g/mol. The molecule has 25 heavy (non-hydrogen) atoms. The van der Waals surface area contributed by atoms with E-state index in [0.29, 0.717) is 25.1 Å². The minimum absolute atomic E-state index is 0.0658. The summed E-state index contributed by atoms with van der Waals surface area (Å²) in [6.45, 7) is 0.667. The fraction of sp³-hybridized carbons (Fsp3) is 0.500. The lowest BCUT2D eigenvalue weighted by atomic mass is 10.0. The molecule has 3 rings (SSSR count). The second kappa shape index (κ2) is 7.13. The maximum Gasteiger partial charge on any atom is 0.270 e. The molecule has 2 amide bonds. The van der Waals surface area contributed by atoms with Gasteiger partial charge in [0.25, 0.3) is 5.91 Å². The van der Waals surface area contributed by atoms with Gasteiger partial charge in [-0.3, -0.25) is 9.59 Å². The second-order valence-electron chi connectivity index (χ2n) is 6.23. The van der Waals surface area contributed by atoms with Gasteiger partial charge in [-0.25, -0.2) is 5.01 Å². The smallest absolute Gasteiger partial charge is 0.270 e. The van der Waals surface area contributed by atoms with Crippen molar-refractivity contribution in [2.45, 2.75) is 31.7 Å². The highest BCUT2D eigenvalue weighted by atomic mass is 16.5. The van der Waals surface area contributed by atoms with E-state index in [1.54, 1.807) is 21.3 Å². The predicted octanol–water partition coefficient (Wildman–Crippen LogP) is 1.98. The number of benzene rings is 1. The number of carbonyl (C=O) groups excluding carboxylic acids is 2. The average Bonchev–Trinajstić information content (AvgIpc) is 3.12. The Balaban J connectivity index is 1.89. The number of hydrazone groups is 1. The van der Waals surface area contributed by atoms with Crippen molar-refractivity contribution in [2.75, 3.05) is 27.8 Å². The summed E-state index contributed by atoms with van der Waals surface area (Å²) in [6, 6.07) is 5.55. The molecule has 1 aromatic rings. The average molecular weight is 345 g/mol. The van der Waals surface area contributed by atoms with E-state index in [1.807, 2.05) is 23.1 Å². The molecule has 134 valence electrons. The lowest BCUT2D eigenvalue weighted by Gasteiger charge is -2.28. The first-order valence-corrected chi connectivity index (χ1v) is 8.42. The minimum atomic E-state index is -0.105. The Morgan fingerprint density at radius 2 is 2.04 bits per heavy atom. The third-order valence-electron chi connectivity index (χ3n) is 4.76. The molecule has 0 N–H and O–H groups in total. The Hall–Kier alpha value is -2.57. The lowest BCUT2D eigenvalue weighted by Crippen LogP contribution is -2.40. The van der Waals surface area contributed by atoms with Crippen LogP contribution in [0, 0.1) is 0 Å². The molecule has 0 aromatic heterocycles. The molecule has 1 aromatic carbocycles. The SMILES string of the molecule is COc1ccc(OC)c([C@@H]2CCCN2C(=O)C2=NN(C)C(=O)CC2)c1. The van der Waals surface area contributed by atoms with Crippen LogP contribution in [0.3, 0.4) is 0 Å². The highest BCUT2D eigenvalue weighted by molar-refractivity contribution is 6.39. The first-order chi connectivity index (χ1) is 12.0. The molecule has 1 fully saturated rings. The molecule has 7 nitrogen and oxygen atoms in total. The summed E-state index contributed by atoms with van der Waals surface area (Å²) in [5.41, 5.74) is 1.38. The summed E-state index contributed by atoms with van der Waals surface area (Å²) >= 11 is 0. The van der Waals surface area contributed by atoms with E-state index < -0.39 is 0 Å². The van der Waals surface area contributed by atoms with Crippen molar-refractivity contribution in [1.29, 1.82) is 0 Å². The highest BCUT2D eigenvalue weighted by Crippen LogP contribution is 2.39. The molecule has 0 radical (unpaired) electrons. The van der Waals surface area contributed by atoms with Crippen molar-refractivity contribution in [3.63, 3.8) is 0 Å². The van der Waals surface area contributed by atoms with E-state index in [2.05, 4.69) is 5.10 Å². The van der Waals surface area contributed by atoms with Crippen LogP contribution >= 0.6 is 0 Å². The van der Waals surface area contributed by atoms with Crippen molar-refractivity contribution in [3.05, 3.63) is 23.8 Å². The number of amides is 2. The molecule has 0 aliphatic carbocycles. The number of likely N-dealkylation sites (tertiary alicyclic amines) is 1. The highest BCUT2D eigenvalue weighted by Gasteiger charge is 2.35. The minimum Gasteiger partial charge on any atom is -0.497 e. The van der Waals surface area contributed by atoms with Gasteiger partial charge in [-0.15, -0.1) is 0 Å². The summed E-state index contributed by atoms with van der Waals surface area (Å²) in [5, 5.41) is 5.42. The fourth-order valence-corrected chi connectivity index (χ4v) is 3.42. The van der Waals surface area contributed by atoms with Gasteiger partial charge in [0.05, 0.1) is 20.3 Å². The van der Waals surface area contributed by atoms with Crippen LogP contribution in [-0.4, -0.2) is 55.2 Å².